The molecule has 4 nitrogen and oxygen atoms in total. The van der Waals surface area contributed by atoms with Crippen molar-refractivity contribution in [2.45, 2.75) is 12.2 Å². The van der Waals surface area contributed by atoms with E-state index < -0.39 is 18.2 Å². The van der Waals surface area contributed by atoms with Crippen molar-refractivity contribution in [2.75, 3.05) is 5.88 Å². The van der Waals surface area contributed by atoms with Crippen LogP contribution in [0.25, 0.3) is 0 Å². The van der Waals surface area contributed by atoms with E-state index in [1.165, 1.54) is 18.2 Å². The summed E-state index contributed by atoms with van der Waals surface area (Å²) in [6, 6.07) is 4.00. The number of carbonyl (C=O) groups is 1. The molecule has 0 spiro atoms. The van der Waals surface area contributed by atoms with E-state index in [2.05, 4.69) is 0 Å². The number of alkyl halides is 1. The minimum absolute atomic E-state index is 0.0880. The zero-order chi connectivity index (χ0) is 12.3. The lowest BCUT2D eigenvalue weighted by Gasteiger charge is -2.17. The molecule has 1 rings (SSSR count). The number of carboxylic acids is 1. The number of carboxylic acid groups (broad SMARTS) is 1. The number of rotatable bonds is 4. The highest BCUT2D eigenvalue weighted by Gasteiger charge is 2.23. The molecule has 3 N–H and O–H groups in total. The van der Waals surface area contributed by atoms with Gasteiger partial charge < -0.3 is 15.3 Å². The third-order valence-electron chi connectivity index (χ3n) is 2.09. The van der Waals surface area contributed by atoms with Crippen LogP contribution in [0.1, 0.15) is 22.0 Å². The molecular weight excluding hydrogens is 255 g/mol. The first-order chi connectivity index (χ1) is 7.47. The predicted molar refractivity (Wildman–Crippen MR) is 60.1 cm³/mol. The molecule has 0 radical (unpaired) electrons. The van der Waals surface area contributed by atoms with Crippen LogP contribution in [-0.4, -0.2) is 33.3 Å². The molecule has 88 valence electrons. The van der Waals surface area contributed by atoms with E-state index in [0.29, 0.717) is 0 Å². The number of aromatic carboxylic acids is 1. The summed E-state index contributed by atoms with van der Waals surface area (Å²) in [6.45, 7) is 0. The first kappa shape index (κ1) is 13.3. The summed E-state index contributed by atoms with van der Waals surface area (Å²) in [7, 11) is 0. The molecule has 2 atom stereocenters. The number of aliphatic hydroxyl groups is 2. The van der Waals surface area contributed by atoms with Crippen molar-refractivity contribution in [3.63, 3.8) is 0 Å². The number of hydrogen-bond acceptors (Lipinski definition) is 3. The van der Waals surface area contributed by atoms with Crippen molar-refractivity contribution in [1.29, 1.82) is 0 Å². The van der Waals surface area contributed by atoms with Gasteiger partial charge in [0, 0.05) is 5.02 Å². The molecule has 0 amide bonds. The monoisotopic (exact) mass is 264 g/mol. The summed E-state index contributed by atoms with van der Waals surface area (Å²) < 4.78 is 0. The minimum atomic E-state index is -1.35. The van der Waals surface area contributed by atoms with Gasteiger partial charge in [0.2, 0.25) is 0 Å². The SMILES string of the molecule is O=C(O)c1cc(Cl)ccc1C(O)C(O)CCl. The molecule has 6 heteroatoms. The summed E-state index contributed by atoms with van der Waals surface area (Å²) in [5.41, 5.74) is -0.0609. The van der Waals surface area contributed by atoms with E-state index in [0.717, 1.165) is 0 Å². The lowest BCUT2D eigenvalue weighted by molar-refractivity contribution is 0.0313. The van der Waals surface area contributed by atoms with Gasteiger partial charge in [-0.25, -0.2) is 4.79 Å². The van der Waals surface area contributed by atoms with Gasteiger partial charge in [0.15, 0.2) is 0 Å². The van der Waals surface area contributed by atoms with E-state index in [4.69, 9.17) is 28.3 Å². The van der Waals surface area contributed by atoms with Gasteiger partial charge >= 0.3 is 5.97 Å². The summed E-state index contributed by atoms with van der Waals surface area (Å²) in [6.07, 6.45) is -2.57. The molecule has 0 aliphatic carbocycles. The molecule has 0 bridgehead atoms. The Bertz CT molecular complexity index is 394. The summed E-state index contributed by atoms with van der Waals surface area (Å²) in [5.74, 6) is -1.42. The van der Waals surface area contributed by atoms with Gasteiger partial charge in [-0.05, 0) is 17.7 Å². The molecule has 16 heavy (non-hydrogen) atoms. The van der Waals surface area contributed by atoms with E-state index >= 15 is 0 Å². The van der Waals surface area contributed by atoms with E-state index in [9.17, 15) is 15.0 Å². The van der Waals surface area contributed by atoms with Crippen LogP contribution >= 0.6 is 23.2 Å². The Kier molecular flexibility index (Phi) is 4.56. The number of aliphatic hydroxyl groups excluding tert-OH is 2. The molecule has 0 heterocycles. The van der Waals surface area contributed by atoms with Crippen LogP contribution in [0.15, 0.2) is 18.2 Å². The van der Waals surface area contributed by atoms with E-state index in [1.807, 2.05) is 0 Å². The van der Waals surface area contributed by atoms with Crippen LogP contribution < -0.4 is 0 Å². The Morgan fingerprint density at radius 3 is 2.50 bits per heavy atom. The highest BCUT2D eigenvalue weighted by atomic mass is 35.5. The molecule has 1 aromatic rings. The Morgan fingerprint density at radius 2 is 2.00 bits per heavy atom. The standard InChI is InChI=1S/C10H10Cl2O4/c11-4-8(13)9(14)6-2-1-5(12)3-7(6)10(15)16/h1-3,8-9,13-14H,4H2,(H,15,16). The molecule has 1 aromatic carbocycles. The largest absolute Gasteiger partial charge is 0.478 e. The molecule has 0 aliphatic heterocycles. The second kappa shape index (κ2) is 5.50. The zero-order valence-corrected chi connectivity index (χ0v) is 9.61. The maximum absolute atomic E-state index is 10.9. The first-order valence-corrected chi connectivity index (χ1v) is 5.33. The number of benzene rings is 1. The quantitative estimate of drug-likeness (QED) is 0.723. The van der Waals surface area contributed by atoms with E-state index in [1.54, 1.807) is 0 Å². The Morgan fingerprint density at radius 1 is 1.38 bits per heavy atom. The van der Waals surface area contributed by atoms with Crippen LogP contribution in [0.3, 0.4) is 0 Å². The molecular formula is C10H10Cl2O4. The third-order valence-corrected chi connectivity index (χ3v) is 2.64. The fourth-order valence-corrected chi connectivity index (χ4v) is 1.60. The van der Waals surface area contributed by atoms with Crippen molar-refractivity contribution < 1.29 is 20.1 Å². The fourth-order valence-electron chi connectivity index (χ4n) is 1.26. The highest BCUT2D eigenvalue weighted by molar-refractivity contribution is 6.31. The smallest absolute Gasteiger partial charge is 0.336 e. The lowest BCUT2D eigenvalue weighted by Crippen LogP contribution is -2.21. The molecule has 0 fully saturated rings. The van der Waals surface area contributed by atoms with Crippen molar-refractivity contribution in [2.24, 2.45) is 0 Å². The van der Waals surface area contributed by atoms with Gasteiger partial charge in [-0.1, -0.05) is 17.7 Å². The molecule has 0 saturated carbocycles. The normalized spacial score (nSPS) is 14.5. The predicted octanol–water partition coefficient (Wildman–Crippen LogP) is 1.67. The topological polar surface area (TPSA) is 77.8 Å². The van der Waals surface area contributed by atoms with Gasteiger partial charge in [-0.2, -0.15) is 0 Å². The lowest BCUT2D eigenvalue weighted by atomic mass is 9.99. The zero-order valence-electron chi connectivity index (χ0n) is 8.10. The van der Waals surface area contributed by atoms with Gasteiger partial charge in [0.25, 0.3) is 0 Å². The highest BCUT2D eigenvalue weighted by Crippen LogP contribution is 2.24. The Hall–Kier alpha value is -0.810. The Labute approximate surface area is 102 Å². The third kappa shape index (κ3) is 2.86. The van der Waals surface area contributed by atoms with Gasteiger partial charge in [0.1, 0.15) is 6.10 Å². The van der Waals surface area contributed by atoms with Gasteiger partial charge in [0.05, 0.1) is 17.5 Å². The summed E-state index contributed by atoms with van der Waals surface area (Å²) >= 11 is 11.0. The first-order valence-electron chi connectivity index (χ1n) is 4.42. The second-order valence-corrected chi connectivity index (χ2v) is 3.95. The maximum Gasteiger partial charge on any atom is 0.336 e. The molecule has 0 aromatic heterocycles. The van der Waals surface area contributed by atoms with Crippen molar-refractivity contribution >= 4 is 29.2 Å². The van der Waals surface area contributed by atoms with Gasteiger partial charge in [-0.15, -0.1) is 11.6 Å². The minimum Gasteiger partial charge on any atom is -0.478 e. The Balaban J connectivity index is 3.17. The van der Waals surface area contributed by atoms with Crippen LogP contribution in [0.2, 0.25) is 5.02 Å². The molecule has 0 saturated heterocycles. The van der Waals surface area contributed by atoms with Crippen molar-refractivity contribution in [3.8, 4) is 0 Å². The van der Waals surface area contributed by atoms with Crippen LogP contribution in [0.5, 0.6) is 0 Å². The van der Waals surface area contributed by atoms with E-state index in [-0.39, 0.29) is 22.0 Å². The van der Waals surface area contributed by atoms with Gasteiger partial charge in [-0.3, -0.25) is 0 Å². The van der Waals surface area contributed by atoms with Crippen LogP contribution in [-0.2, 0) is 0 Å². The van der Waals surface area contributed by atoms with Crippen molar-refractivity contribution in [3.05, 3.63) is 34.3 Å². The summed E-state index contributed by atoms with van der Waals surface area (Å²) in [5, 5.41) is 28.2. The van der Waals surface area contributed by atoms with Crippen molar-refractivity contribution in [1.82, 2.24) is 0 Å². The maximum atomic E-state index is 10.9. The summed E-state index contributed by atoms with van der Waals surface area (Å²) in [4.78, 5) is 10.9. The average molecular weight is 265 g/mol. The molecule has 0 aliphatic rings. The number of hydrogen-bond donors (Lipinski definition) is 3. The fraction of sp³-hybridized carbons (Fsp3) is 0.300. The average Bonchev–Trinajstić information content (AvgIpc) is 2.26. The second-order valence-electron chi connectivity index (χ2n) is 3.20. The van der Waals surface area contributed by atoms with Crippen LogP contribution in [0.4, 0.5) is 0 Å². The number of halogens is 2. The van der Waals surface area contributed by atoms with Crippen LogP contribution in [0, 0.1) is 0 Å². The molecule has 2 unspecified atom stereocenters.